The maximum atomic E-state index is 13.4. The second-order valence-electron chi connectivity index (χ2n) is 8.19. The lowest BCUT2D eigenvalue weighted by Crippen LogP contribution is -2.41. The minimum absolute atomic E-state index is 0.110. The monoisotopic (exact) mass is 445 g/mol. The highest BCUT2D eigenvalue weighted by Gasteiger charge is 2.26. The van der Waals surface area contributed by atoms with Gasteiger partial charge in [0, 0.05) is 17.2 Å². The Morgan fingerprint density at radius 1 is 0.970 bits per heavy atom. The van der Waals surface area contributed by atoms with E-state index in [1.54, 1.807) is 0 Å². The number of esters is 1. The number of nitrogens with zero attached hydrogens (tertiary/aromatic N) is 2. The highest BCUT2D eigenvalue weighted by molar-refractivity contribution is 6.00. The first kappa shape index (κ1) is 22.5. The van der Waals surface area contributed by atoms with Crippen LogP contribution in [0.15, 0.2) is 65.5 Å². The van der Waals surface area contributed by atoms with E-state index in [0.717, 1.165) is 35.9 Å². The molecule has 1 heterocycles. The van der Waals surface area contributed by atoms with E-state index in [1.165, 1.54) is 13.5 Å². The molecule has 1 saturated carbocycles. The van der Waals surface area contributed by atoms with Crippen LogP contribution in [-0.4, -0.2) is 34.8 Å². The van der Waals surface area contributed by atoms with Gasteiger partial charge < -0.3 is 10.1 Å². The van der Waals surface area contributed by atoms with Crippen molar-refractivity contribution in [1.82, 2.24) is 15.1 Å². The van der Waals surface area contributed by atoms with Crippen LogP contribution in [0, 0.1) is 0 Å². The summed E-state index contributed by atoms with van der Waals surface area (Å²) >= 11 is 0. The van der Waals surface area contributed by atoms with Crippen molar-refractivity contribution in [2.45, 2.75) is 44.7 Å². The maximum Gasteiger partial charge on any atom is 0.344 e. The van der Waals surface area contributed by atoms with E-state index >= 15 is 0 Å². The smallest absolute Gasteiger partial charge is 0.344 e. The van der Waals surface area contributed by atoms with Gasteiger partial charge in [-0.1, -0.05) is 79.9 Å². The number of benzene rings is 2. The number of hydrogen-bond donors (Lipinski definition) is 1. The molecule has 1 amide bonds. The molecule has 1 N–H and O–H groups in total. The van der Waals surface area contributed by atoms with Crippen LogP contribution in [0.2, 0.25) is 0 Å². The zero-order chi connectivity index (χ0) is 23.2. The molecule has 3 aromatic rings. The lowest BCUT2D eigenvalue weighted by Gasteiger charge is -2.23. The quantitative estimate of drug-likeness (QED) is 0.583. The van der Waals surface area contributed by atoms with Crippen molar-refractivity contribution in [3.63, 3.8) is 0 Å². The Morgan fingerprint density at radius 2 is 1.58 bits per heavy atom. The molecule has 0 spiro atoms. The summed E-state index contributed by atoms with van der Waals surface area (Å²) in [6.45, 7) is -0.270. The summed E-state index contributed by atoms with van der Waals surface area (Å²) in [5.74, 6) is -1.06. The molecule has 7 nitrogen and oxygen atoms in total. The number of carbonyl (C=O) groups is 2. The summed E-state index contributed by atoms with van der Waals surface area (Å²) in [5, 5.41) is 7.57. The van der Waals surface area contributed by atoms with Crippen LogP contribution in [0.5, 0.6) is 0 Å². The third kappa shape index (κ3) is 5.03. The van der Waals surface area contributed by atoms with Crippen molar-refractivity contribution in [2.24, 2.45) is 0 Å². The van der Waals surface area contributed by atoms with Gasteiger partial charge in [0.15, 0.2) is 0 Å². The van der Waals surface area contributed by atoms with E-state index in [4.69, 9.17) is 4.74 Å². The van der Waals surface area contributed by atoms with E-state index < -0.39 is 11.5 Å². The zero-order valence-corrected chi connectivity index (χ0v) is 18.6. The number of rotatable bonds is 6. The summed E-state index contributed by atoms with van der Waals surface area (Å²) in [7, 11) is 1.24. The maximum absolute atomic E-state index is 13.4. The van der Waals surface area contributed by atoms with Gasteiger partial charge in [0.25, 0.3) is 5.56 Å². The predicted molar refractivity (Wildman–Crippen MR) is 126 cm³/mol. The molecule has 0 atom stereocenters. The lowest BCUT2D eigenvalue weighted by molar-refractivity contribution is -0.122. The standard InChI is InChI=1S/C26H27N3O4/c1-33-26(32)23-22(18-11-5-2-6-12-18)24(19-13-7-3-8-14-19)28-29(25(23)31)17-21(30)27-20-15-9-4-10-16-20/h2-3,5-8,11-14,20H,4,9-10,15-17H2,1H3,(H,27,30). The van der Waals surface area contributed by atoms with Crippen molar-refractivity contribution in [3.05, 3.63) is 76.6 Å². The van der Waals surface area contributed by atoms with Crippen LogP contribution in [0.3, 0.4) is 0 Å². The molecular formula is C26H27N3O4. The number of amides is 1. The van der Waals surface area contributed by atoms with Gasteiger partial charge in [-0.3, -0.25) is 9.59 Å². The zero-order valence-electron chi connectivity index (χ0n) is 18.6. The van der Waals surface area contributed by atoms with Gasteiger partial charge in [-0.2, -0.15) is 5.10 Å². The Kier molecular flexibility index (Phi) is 6.98. The van der Waals surface area contributed by atoms with Gasteiger partial charge in [-0.15, -0.1) is 0 Å². The molecule has 0 aliphatic heterocycles. The third-order valence-corrected chi connectivity index (χ3v) is 5.92. The number of carbonyl (C=O) groups excluding carboxylic acids is 2. The van der Waals surface area contributed by atoms with Gasteiger partial charge in [-0.25, -0.2) is 9.48 Å². The van der Waals surface area contributed by atoms with Crippen molar-refractivity contribution < 1.29 is 14.3 Å². The molecule has 7 heteroatoms. The minimum Gasteiger partial charge on any atom is -0.465 e. The van der Waals surface area contributed by atoms with Crippen LogP contribution < -0.4 is 10.9 Å². The first-order valence-corrected chi connectivity index (χ1v) is 11.2. The molecule has 1 aromatic heterocycles. The summed E-state index contributed by atoms with van der Waals surface area (Å²) in [5.41, 5.74) is 1.43. The van der Waals surface area contributed by atoms with Gasteiger partial charge in [0.1, 0.15) is 12.1 Å². The first-order valence-electron chi connectivity index (χ1n) is 11.2. The molecule has 0 unspecified atom stereocenters. The Bertz CT molecular complexity index is 1180. The Labute approximate surface area is 192 Å². The molecule has 4 rings (SSSR count). The van der Waals surface area contributed by atoms with E-state index in [0.29, 0.717) is 16.8 Å². The number of nitrogens with one attached hydrogen (secondary N) is 1. The van der Waals surface area contributed by atoms with Crippen LogP contribution >= 0.6 is 0 Å². The third-order valence-electron chi connectivity index (χ3n) is 5.92. The van der Waals surface area contributed by atoms with E-state index in [2.05, 4.69) is 10.4 Å². The number of aromatic nitrogens is 2. The number of ether oxygens (including phenoxy) is 1. The molecule has 33 heavy (non-hydrogen) atoms. The largest absolute Gasteiger partial charge is 0.465 e. The van der Waals surface area contributed by atoms with Crippen LogP contribution in [0.4, 0.5) is 0 Å². The summed E-state index contributed by atoms with van der Waals surface area (Å²) in [6.07, 6.45) is 5.21. The number of hydrogen-bond acceptors (Lipinski definition) is 5. The topological polar surface area (TPSA) is 90.3 Å². The fraction of sp³-hybridized carbons (Fsp3) is 0.308. The fourth-order valence-corrected chi connectivity index (χ4v) is 4.31. The van der Waals surface area contributed by atoms with Gasteiger partial charge in [0.05, 0.1) is 12.8 Å². The van der Waals surface area contributed by atoms with Gasteiger partial charge in [-0.05, 0) is 18.4 Å². The van der Waals surface area contributed by atoms with Crippen LogP contribution in [-0.2, 0) is 16.1 Å². The first-order chi connectivity index (χ1) is 16.1. The van der Waals surface area contributed by atoms with Crippen LogP contribution in [0.1, 0.15) is 42.5 Å². The molecule has 1 aliphatic rings. The van der Waals surface area contributed by atoms with Crippen molar-refractivity contribution in [1.29, 1.82) is 0 Å². The average Bonchev–Trinajstić information content (AvgIpc) is 2.86. The molecular weight excluding hydrogens is 418 g/mol. The lowest BCUT2D eigenvalue weighted by atomic mass is 9.95. The second-order valence-corrected chi connectivity index (χ2v) is 8.19. The molecule has 170 valence electrons. The highest BCUT2D eigenvalue weighted by Crippen LogP contribution is 2.32. The molecule has 0 bridgehead atoms. The molecule has 0 saturated heterocycles. The van der Waals surface area contributed by atoms with E-state index in [9.17, 15) is 14.4 Å². The minimum atomic E-state index is -0.764. The normalized spacial score (nSPS) is 14.0. The summed E-state index contributed by atoms with van der Waals surface area (Å²) < 4.78 is 6.04. The molecule has 0 radical (unpaired) electrons. The molecule has 1 aliphatic carbocycles. The second kappa shape index (κ2) is 10.3. The predicted octanol–water partition coefficient (Wildman–Crippen LogP) is 3.81. The number of methoxy groups -OCH3 is 1. The van der Waals surface area contributed by atoms with Gasteiger partial charge in [0.2, 0.25) is 5.91 Å². The molecule has 1 fully saturated rings. The van der Waals surface area contributed by atoms with Crippen molar-refractivity contribution >= 4 is 11.9 Å². The molecule has 2 aromatic carbocycles. The Hall–Kier alpha value is -3.74. The fourth-order valence-electron chi connectivity index (χ4n) is 4.31. The summed E-state index contributed by atoms with van der Waals surface area (Å²) in [4.78, 5) is 39.0. The van der Waals surface area contributed by atoms with Crippen LogP contribution in [0.25, 0.3) is 22.4 Å². The van der Waals surface area contributed by atoms with Gasteiger partial charge >= 0.3 is 5.97 Å². The van der Waals surface area contributed by atoms with E-state index in [1.807, 2.05) is 60.7 Å². The summed E-state index contributed by atoms with van der Waals surface area (Å²) in [6, 6.07) is 18.5. The average molecular weight is 446 g/mol. The highest BCUT2D eigenvalue weighted by atomic mass is 16.5. The van der Waals surface area contributed by atoms with Crippen molar-refractivity contribution in [3.8, 4) is 22.4 Å². The Balaban J connectivity index is 1.84. The Morgan fingerprint density at radius 3 is 2.18 bits per heavy atom. The SMILES string of the molecule is COC(=O)c1c(-c2ccccc2)c(-c2ccccc2)nn(CC(=O)NC2CCCCC2)c1=O. The van der Waals surface area contributed by atoms with E-state index in [-0.39, 0.29) is 24.1 Å². The van der Waals surface area contributed by atoms with Crippen molar-refractivity contribution in [2.75, 3.05) is 7.11 Å².